The molecule has 0 radical (unpaired) electrons. The number of hydrogen-bond donors (Lipinski definition) is 3. The number of nitrogen functional groups attached to an aromatic ring is 1. The molecule has 10 nitrogen and oxygen atoms in total. The Morgan fingerprint density at radius 1 is 1.27 bits per heavy atom. The highest BCUT2D eigenvalue weighted by Crippen LogP contribution is 2.38. The normalized spacial score (nSPS) is 17.9. The van der Waals surface area contributed by atoms with Crippen molar-refractivity contribution in [2.24, 2.45) is 4.99 Å². The average Bonchev–Trinajstić information content (AvgIpc) is 2.88. The van der Waals surface area contributed by atoms with E-state index >= 15 is 0 Å². The minimum atomic E-state index is -0.297. The minimum absolute atomic E-state index is 0.0231. The number of ether oxygens (including phenoxy) is 2. The molecule has 37 heavy (non-hydrogen) atoms. The Hall–Kier alpha value is -3.76. The number of aliphatic imine (C=N–C) groups is 1. The number of piperazine rings is 1. The van der Waals surface area contributed by atoms with Gasteiger partial charge in [-0.2, -0.15) is 0 Å². The van der Waals surface area contributed by atoms with Crippen LogP contribution < -0.4 is 26.0 Å². The van der Waals surface area contributed by atoms with Gasteiger partial charge in [0.25, 0.3) is 5.91 Å². The molecular weight excluding hydrogens is 470 g/mol. The van der Waals surface area contributed by atoms with Crippen molar-refractivity contribution in [3.63, 3.8) is 0 Å². The van der Waals surface area contributed by atoms with Crippen LogP contribution in [0.4, 0.5) is 11.4 Å². The molecule has 196 valence electrons. The smallest absolute Gasteiger partial charge is 0.270 e. The van der Waals surface area contributed by atoms with Crippen molar-refractivity contribution >= 4 is 34.4 Å². The fourth-order valence-corrected chi connectivity index (χ4v) is 4.82. The summed E-state index contributed by atoms with van der Waals surface area (Å²) in [6.07, 6.45) is 1.67. The van der Waals surface area contributed by atoms with E-state index in [9.17, 15) is 4.79 Å². The van der Waals surface area contributed by atoms with Crippen LogP contribution in [-0.2, 0) is 4.74 Å². The minimum Gasteiger partial charge on any atom is -0.466 e. The maximum Gasteiger partial charge on any atom is 0.270 e. The molecule has 2 heterocycles. The first kappa shape index (κ1) is 26.3. The quantitative estimate of drug-likeness (QED) is 0.254. The molecule has 1 fully saturated rings. The zero-order valence-corrected chi connectivity index (χ0v) is 22.3. The van der Waals surface area contributed by atoms with Crippen LogP contribution in [-0.4, -0.2) is 75.3 Å². The molecule has 0 bridgehead atoms. The van der Waals surface area contributed by atoms with Crippen LogP contribution >= 0.6 is 0 Å². The van der Waals surface area contributed by atoms with Crippen LogP contribution in [0.15, 0.2) is 29.3 Å². The predicted molar refractivity (Wildman–Crippen MR) is 148 cm³/mol. The molecule has 4 N–H and O–H groups in total. The van der Waals surface area contributed by atoms with Gasteiger partial charge in [-0.25, -0.2) is 9.97 Å². The lowest BCUT2D eigenvalue weighted by molar-refractivity contribution is 0.0510. The third-order valence-corrected chi connectivity index (χ3v) is 6.47. The fourth-order valence-electron chi connectivity index (χ4n) is 4.82. The molecule has 2 aromatic carbocycles. The van der Waals surface area contributed by atoms with Crippen LogP contribution in [0, 0.1) is 6.92 Å². The van der Waals surface area contributed by atoms with Gasteiger partial charge in [-0.1, -0.05) is 0 Å². The molecule has 0 saturated carbocycles. The van der Waals surface area contributed by atoms with Crippen molar-refractivity contribution in [2.75, 3.05) is 51.7 Å². The first-order chi connectivity index (χ1) is 17.8. The lowest BCUT2D eigenvalue weighted by Crippen LogP contribution is -2.54. The number of carbonyl (C=O) groups is 1. The number of rotatable bonds is 7. The van der Waals surface area contributed by atoms with Crippen LogP contribution in [0.1, 0.15) is 35.5 Å². The van der Waals surface area contributed by atoms with E-state index in [1.54, 1.807) is 27.4 Å². The van der Waals surface area contributed by atoms with Gasteiger partial charge < -0.3 is 30.7 Å². The number of nitrogens with one attached hydrogen (secondary N) is 2. The summed E-state index contributed by atoms with van der Waals surface area (Å²) in [4.78, 5) is 29.1. The van der Waals surface area contributed by atoms with Crippen LogP contribution in [0.5, 0.6) is 5.75 Å². The Balaban J connectivity index is 1.91. The topological polar surface area (TPSA) is 127 Å². The van der Waals surface area contributed by atoms with E-state index in [4.69, 9.17) is 25.2 Å². The second-order valence-corrected chi connectivity index (χ2v) is 9.37. The Kier molecular flexibility index (Phi) is 7.89. The number of fused-ring (bicyclic) bond motifs is 1. The van der Waals surface area contributed by atoms with E-state index in [1.807, 2.05) is 31.2 Å². The molecule has 1 aliphatic rings. The largest absolute Gasteiger partial charge is 0.466 e. The number of hydrogen-bond acceptors (Lipinski definition) is 9. The number of anilines is 2. The van der Waals surface area contributed by atoms with Gasteiger partial charge in [0.1, 0.15) is 11.4 Å². The molecule has 1 aromatic heterocycles. The standard InChI is InChI=1S/C27H35N7O3/c1-15-12-34(13-16(2)31-15)19-7-8-22-20(10-19)24(27(35)30-5)33-26(32-22)21-9-18(11-29-4)23(28)17(3)25(21)37-14-36-6/h7-11,15-16,31H,12-14,28H2,1-6H3,(H,30,35)/t15-,16-/m0/s1. The van der Waals surface area contributed by atoms with Crippen molar-refractivity contribution in [1.82, 2.24) is 20.6 Å². The van der Waals surface area contributed by atoms with E-state index < -0.39 is 0 Å². The van der Waals surface area contributed by atoms with Gasteiger partial charge in [-0.05, 0) is 45.0 Å². The molecule has 2 atom stereocenters. The van der Waals surface area contributed by atoms with E-state index in [1.165, 1.54) is 0 Å². The van der Waals surface area contributed by atoms with Crippen molar-refractivity contribution in [1.29, 1.82) is 0 Å². The number of amides is 1. The average molecular weight is 506 g/mol. The number of nitrogens with two attached hydrogens (primary N) is 1. The summed E-state index contributed by atoms with van der Waals surface area (Å²) in [6, 6.07) is 8.53. The zero-order valence-electron chi connectivity index (χ0n) is 22.3. The second-order valence-electron chi connectivity index (χ2n) is 9.37. The van der Waals surface area contributed by atoms with E-state index in [0.717, 1.165) is 18.8 Å². The highest BCUT2D eigenvalue weighted by molar-refractivity contribution is 6.06. The molecule has 0 aliphatic carbocycles. The summed E-state index contributed by atoms with van der Waals surface area (Å²) >= 11 is 0. The second kappa shape index (κ2) is 11.1. The van der Waals surface area contributed by atoms with Gasteiger partial charge in [0.2, 0.25) is 0 Å². The van der Waals surface area contributed by atoms with E-state index in [2.05, 4.69) is 34.4 Å². The molecule has 0 unspecified atom stereocenters. The lowest BCUT2D eigenvalue weighted by atomic mass is 10.0. The van der Waals surface area contributed by atoms with Crippen molar-refractivity contribution < 1.29 is 14.3 Å². The SMILES string of the molecule is CN=Cc1cc(-c2nc(C(=O)NC)c3cc(N4C[C@H](C)N[C@@H](C)C4)ccc3n2)c(OCOC)c(C)c1N. The molecule has 1 aliphatic heterocycles. The summed E-state index contributed by atoms with van der Waals surface area (Å²) in [5, 5.41) is 6.96. The highest BCUT2D eigenvalue weighted by atomic mass is 16.7. The third kappa shape index (κ3) is 5.35. The van der Waals surface area contributed by atoms with Crippen molar-refractivity contribution in [3.8, 4) is 17.1 Å². The molecule has 0 spiro atoms. The van der Waals surface area contributed by atoms with Gasteiger partial charge >= 0.3 is 0 Å². The maximum absolute atomic E-state index is 13.0. The monoisotopic (exact) mass is 505 g/mol. The fraction of sp³-hybridized carbons (Fsp3) is 0.407. The maximum atomic E-state index is 13.0. The molecule has 1 saturated heterocycles. The predicted octanol–water partition coefficient (Wildman–Crippen LogP) is 2.77. The summed E-state index contributed by atoms with van der Waals surface area (Å²) in [7, 11) is 4.82. The summed E-state index contributed by atoms with van der Waals surface area (Å²) in [6.45, 7) is 7.97. The molecule has 1 amide bonds. The Bertz CT molecular complexity index is 1330. The number of benzene rings is 2. The van der Waals surface area contributed by atoms with Gasteiger partial charge in [0.05, 0.1) is 11.1 Å². The highest BCUT2D eigenvalue weighted by Gasteiger charge is 2.24. The Morgan fingerprint density at radius 2 is 2.00 bits per heavy atom. The number of carbonyl (C=O) groups excluding carboxylic acids is 1. The Labute approximate surface area is 217 Å². The summed E-state index contributed by atoms with van der Waals surface area (Å²) in [5.74, 6) is 0.549. The number of methoxy groups -OCH3 is 1. The van der Waals surface area contributed by atoms with Crippen molar-refractivity contribution in [3.05, 3.63) is 41.1 Å². The summed E-state index contributed by atoms with van der Waals surface area (Å²) < 4.78 is 11.0. The molecule has 10 heteroatoms. The van der Waals surface area contributed by atoms with Gasteiger partial charge in [0, 0.05) is 80.5 Å². The van der Waals surface area contributed by atoms with Crippen LogP contribution in [0.3, 0.4) is 0 Å². The van der Waals surface area contributed by atoms with Gasteiger partial charge in [0.15, 0.2) is 12.6 Å². The van der Waals surface area contributed by atoms with Crippen molar-refractivity contribution in [2.45, 2.75) is 32.9 Å². The number of aromatic nitrogens is 2. The van der Waals surface area contributed by atoms with E-state index in [-0.39, 0.29) is 12.7 Å². The zero-order chi connectivity index (χ0) is 26.7. The molecular formula is C27H35N7O3. The van der Waals surface area contributed by atoms with Gasteiger partial charge in [-0.15, -0.1) is 0 Å². The van der Waals surface area contributed by atoms with Crippen LogP contribution in [0.25, 0.3) is 22.3 Å². The van der Waals surface area contributed by atoms with E-state index in [0.29, 0.717) is 62.6 Å². The molecule has 4 rings (SSSR count). The third-order valence-electron chi connectivity index (χ3n) is 6.47. The molecule has 3 aromatic rings. The number of nitrogens with zero attached hydrogens (tertiary/aromatic N) is 4. The first-order valence-electron chi connectivity index (χ1n) is 12.3. The first-order valence-corrected chi connectivity index (χ1v) is 12.3. The Morgan fingerprint density at radius 3 is 2.65 bits per heavy atom. The lowest BCUT2D eigenvalue weighted by Gasteiger charge is -2.37. The van der Waals surface area contributed by atoms with Crippen LogP contribution in [0.2, 0.25) is 0 Å². The van der Waals surface area contributed by atoms with Gasteiger partial charge in [-0.3, -0.25) is 9.79 Å². The summed E-state index contributed by atoms with van der Waals surface area (Å²) in [5.41, 5.74) is 10.9.